The molecule has 1 N–H and O–H groups in total. The highest BCUT2D eigenvalue weighted by atomic mass is 19.4. The number of para-hydroxylation sites is 1. The van der Waals surface area contributed by atoms with Gasteiger partial charge in [-0.15, -0.1) is 0 Å². The van der Waals surface area contributed by atoms with Crippen LogP contribution in [0.2, 0.25) is 0 Å². The Labute approximate surface area is 237 Å². The van der Waals surface area contributed by atoms with Gasteiger partial charge in [0.25, 0.3) is 11.8 Å². The van der Waals surface area contributed by atoms with E-state index < -0.39 is 12.1 Å². The van der Waals surface area contributed by atoms with Crippen LogP contribution in [0.3, 0.4) is 0 Å². The molecule has 2 aliphatic heterocycles. The first-order valence-corrected chi connectivity index (χ1v) is 13.4. The fraction of sp³-hybridized carbons (Fsp3) is 0.233. The molecule has 42 heavy (non-hydrogen) atoms. The molecule has 2 aliphatic rings. The van der Waals surface area contributed by atoms with Gasteiger partial charge in [-0.3, -0.25) is 9.59 Å². The van der Waals surface area contributed by atoms with E-state index >= 15 is 0 Å². The van der Waals surface area contributed by atoms with Gasteiger partial charge in [0.1, 0.15) is 5.69 Å². The van der Waals surface area contributed by atoms with Crippen molar-refractivity contribution < 1.29 is 27.3 Å². The number of nitrogens with zero attached hydrogens (tertiary/aromatic N) is 5. The SMILES string of the molecule is O=C(c1cccc(-c2noc(C(F)(F)F)n2)c1)N1CCC2(CC1)CN(C(=O)c1ccc3[nH]ccc3n1)c1ccccc12. The molecule has 2 aromatic carbocycles. The summed E-state index contributed by atoms with van der Waals surface area (Å²) in [6.45, 7) is 1.38. The quantitative estimate of drug-likeness (QED) is 0.307. The Bertz CT molecular complexity index is 1840. The lowest BCUT2D eigenvalue weighted by molar-refractivity contribution is -0.159. The van der Waals surface area contributed by atoms with Crippen molar-refractivity contribution in [2.75, 3.05) is 24.5 Å². The third kappa shape index (κ3) is 4.30. The van der Waals surface area contributed by atoms with Crippen molar-refractivity contribution in [3.63, 3.8) is 0 Å². The van der Waals surface area contributed by atoms with Crippen LogP contribution in [-0.4, -0.2) is 56.5 Å². The number of pyridine rings is 1. The number of anilines is 1. The van der Waals surface area contributed by atoms with E-state index in [0.717, 1.165) is 22.3 Å². The summed E-state index contributed by atoms with van der Waals surface area (Å²) in [5.41, 5.74) is 4.12. The smallest absolute Gasteiger partial charge is 0.360 e. The molecule has 0 aliphatic carbocycles. The van der Waals surface area contributed by atoms with Crippen molar-refractivity contribution in [1.82, 2.24) is 25.0 Å². The maximum atomic E-state index is 13.7. The lowest BCUT2D eigenvalue weighted by Gasteiger charge is -2.40. The van der Waals surface area contributed by atoms with E-state index in [2.05, 4.69) is 24.6 Å². The molecule has 1 fully saturated rings. The van der Waals surface area contributed by atoms with Crippen molar-refractivity contribution in [3.05, 3.63) is 95.6 Å². The monoisotopic (exact) mass is 572 g/mol. The molecule has 1 saturated heterocycles. The van der Waals surface area contributed by atoms with Crippen molar-refractivity contribution in [2.45, 2.75) is 24.4 Å². The molecule has 2 amide bonds. The van der Waals surface area contributed by atoms with Gasteiger partial charge < -0.3 is 19.3 Å². The second kappa shape index (κ2) is 9.54. The highest BCUT2D eigenvalue weighted by Crippen LogP contribution is 2.47. The van der Waals surface area contributed by atoms with Crippen molar-refractivity contribution in [1.29, 1.82) is 0 Å². The molecule has 12 heteroatoms. The Balaban J connectivity index is 1.09. The Hall–Kier alpha value is -5.00. The molecule has 0 saturated carbocycles. The van der Waals surface area contributed by atoms with Crippen molar-refractivity contribution in [2.24, 2.45) is 0 Å². The van der Waals surface area contributed by atoms with E-state index in [1.807, 2.05) is 36.4 Å². The molecule has 9 nitrogen and oxygen atoms in total. The second-order valence-electron chi connectivity index (χ2n) is 10.6. The van der Waals surface area contributed by atoms with Crippen LogP contribution in [0.15, 0.2) is 77.4 Å². The van der Waals surface area contributed by atoms with Crippen LogP contribution in [0, 0.1) is 0 Å². The normalized spacial score (nSPS) is 16.3. The van der Waals surface area contributed by atoms with Gasteiger partial charge >= 0.3 is 12.1 Å². The van der Waals surface area contributed by atoms with E-state index in [4.69, 9.17) is 0 Å². The predicted octanol–water partition coefficient (Wildman–Crippen LogP) is 5.47. The largest absolute Gasteiger partial charge is 0.471 e. The maximum absolute atomic E-state index is 13.7. The number of fused-ring (bicyclic) bond motifs is 3. The molecule has 0 radical (unpaired) electrons. The van der Waals surface area contributed by atoms with Gasteiger partial charge in [-0.05, 0) is 54.8 Å². The average molecular weight is 573 g/mol. The summed E-state index contributed by atoms with van der Waals surface area (Å²) in [6.07, 6.45) is -1.69. The number of halogens is 3. The van der Waals surface area contributed by atoms with Crippen LogP contribution >= 0.6 is 0 Å². The number of rotatable bonds is 3. The molecular formula is C30H23F3N6O3. The summed E-state index contributed by atoms with van der Waals surface area (Å²) in [5, 5.41) is 3.42. The molecule has 5 heterocycles. The number of hydrogen-bond acceptors (Lipinski definition) is 6. The van der Waals surface area contributed by atoms with Gasteiger partial charge in [-0.25, -0.2) is 4.98 Å². The minimum atomic E-state index is -4.76. The van der Waals surface area contributed by atoms with Crippen LogP contribution in [0.1, 0.15) is 45.1 Å². The van der Waals surface area contributed by atoms with Crippen LogP contribution in [0.5, 0.6) is 0 Å². The molecule has 212 valence electrons. The van der Waals surface area contributed by atoms with Crippen molar-refractivity contribution >= 4 is 28.5 Å². The third-order valence-corrected chi connectivity index (χ3v) is 8.14. The molecule has 0 unspecified atom stereocenters. The number of hydrogen-bond donors (Lipinski definition) is 1. The molecular weight excluding hydrogens is 549 g/mol. The number of alkyl halides is 3. The van der Waals surface area contributed by atoms with E-state index in [9.17, 15) is 22.8 Å². The van der Waals surface area contributed by atoms with Gasteiger partial charge in [-0.2, -0.15) is 18.2 Å². The Kier molecular flexibility index (Phi) is 5.89. The highest BCUT2D eigenvalue weighted by Gasteiger charge is 2.47. The first-order chi connectivity index (χ1) is 20.2. The second-order valence-corrected chi connectivity index (χ2v) is 10.6. The molecule has 3 aromatic heterocycles. The summed E-state index contributed by atoms with van der Waals surface area (Å²) < 4.78 is 43.0. The molecule has 1 spiro atoms. The first-order valence-electron chi connectivity index (χ1n) is 13.4. The van der Waals surface area contributed by atoms with Gasteiger partial charge in [0.05, 0.1) is 11.0 Å². The predicted molar refractivity (Wildman–Crippen MR) is 146 cm³/mol. The van der Waals surface area contributed by atoms with Crippen LogP contribution in [0.4, 0.5) is 18.9 Å². The summed E-state index contributed by atoms with van der Waals surface area (Å²) in [5.74, 6) is -2.10. The zero-order chi connectivity index (χ0) is 29.1. The number of piperidine rings is 1. The lowest BCUT2D eigenvalue weighted by atomic mass is 9.74. The van der Waals surface area contributed by atoms with Crippen molar-refractivity contribution in [3.8, 4) is 11.4 Å². The van der Waals surface area contributed by atoms with Crippen LogP contribution in [-0.2, 0) is 11.6 Å². The molecule has 5 aromatic rings. The Morgan fingerprint density at radius 2 is 1.74 bits per heavy atom. The lowest BCUT2D eigenvalue weighted by Crippen LogP contribution is -2.47. The van der Waals surface area contributed by atoms with Gasteiger partial charge in [0.15, 0.2) is 0 Å². The highest BCUT2D eigenvalue weighted by molar-refractivity contribution is 6.07. The van der Waals surface area contributed by atoms with Crippen LogP contribution in [0.25, 0.3) is 22.4 Å². The molecule has 0 bridgehead atoms. The third-order valence-electron chi connectivity index (χ3n) is 8.14. The van der Waals surface area contributed by atoms with Gasteiger partial charge in [0, 0.05) is 48.1 Å². The number of aromatic nitrogens is 4. The summed E-state index contributed by atoms with van der Waals surface area (Å²) in [4.78, 5) is 41.7. The number of H-pyrrole nitrogens is 1. The van der Waals surface area contributed by atoms with Gasteiger partial charge in [0.2, 0.25) is 5.82 Å². The van der Waals surface area contributed by atoms with E-state index in [0.29, 0.717) is 43.7 Å². The Morgan fingerprint density at radius 3 is 2.52 bits per heavy atom. The van der Waals surface area contributed by atoms with E-state index in [-0.39, 0.29) is 28.6 Å². The number of carbonyl (C=O) groups excluding carboxylic acids is 2. The fourth-order valence-electron chi connectivity index (χ4n) is 6.00. The number of likely N-dealkylation sites (tertiary alicyclic amines) is 1. The number of benzene rings is 2. The molecule has 7 rings (SSSR count). The maximum Gasteiger partial charge on any atom is 0.471 e. The minimum Gasteiger partial charge on any atom is -0.360 e. The minimum absolute atomic E-state index is 0.173. The summed E-state index contributed by atoms with van der Waals surface area (Å²) in [6, 6.07) is 19.5. The standard InChI is InChI=1S/C30H23F3N6O3/c31-30(32,33)28-36-25(37-42-28)18-4-3-5-19(16-18)26(40)38-14-11-29(12-15-38)17-39(24-7-2-1-6-20(24)29)27(41)23-9-8-21-22(35-23)10-13-34-21/h1-10,13,16,34H,11-12,14-15,17H2. The van der Waals surface area contributed by atoms with E-state index in [1.165, 1.54) is 12.1 Å². The van der Waals surface area contributed by atoms with Gasteiger partial charge in [-0.1, -0.05) is 35.5 Å². The first kappa shape index (κ1) is 25.9. The fourth-order valence-corrected chi connectivity index (χ4v) is 6.00. The molecule has 0 atom stereocenters. The summed E-state index contributed by atoms with van der Waals surface area (Å²) >= 11 is 0. The zero-order valence-electron chi connectivity index (χ0n) is 22.1. The topological polar surface area (TPSA) is 108 Å². The average Bonchev–Trinajstić information content (AvgIpc) is 3.75. The number of nitrogens with one attached hydrogen (secondary N) is 1. The van der Waals surface area contributed by atoms with E-state index in [1.54, 1.807) is 34.2 Å². The number of carbonyl (C=O) groups is 2. The van der Waals surface area contributed by atoms with Crippen LogP contribution < -0.4 is 4.90 Å². The number of aromatic amines is 1. The summed E-state index contributed by atoms with van der Waals surface area (Å²) in [7, 11) is 0. The number of amides is 2. The Morgan fingerprint density at radius 1 is 0.929 bits per heavy atom. The zero-order valence-corrected chi connectivity index (χ0v) is 22.1.